The molecule has 3 rings (SSSR count). The van der Waals surface area contributed by atoms with Gasteiger partial charge in [0.15, 0.2) is 0 Å². The highest BCUT2D eigenvalue weighted by Crippen LogP contribution is 2.15. The van der Waals surface area contributed by atoms with Gasteiger partial charge in [0.25, 0.3) is 5.91 Å². The zero-order chi connectivity index (χ0) is 16.4. The zero-order valence-corrected chi connectivity index (χ0v) is 14.3. The highest BCUT2D eigenvalue weighted by molar-refractivity contribution is 7.84. The van der Waals surface area contributed by atoms with Crippen molar-refractivity contribution in [2.24, 2.45) is 12.1 Å². The quantitative estimate of drug-likeness (QED) is 0.740. The van der Waals surface area contributed by atoms with Crippen LogP contribution in [0.1, 0.15) is 10.4 Å². The Hall–Kier alpha value is -2.25. The SMILES string of the molecule is Cn1/c(=N\NC(=O)c2ccc(S(C)=O)cc2)sc2ccccc21. The molecule has 0 saturated carbocycles. The number of benzene rings is 2. The van der Waals surface area contributed by atoms with Gasteiger partial charge in [-0.15, -0.1) is 5.10 Å². The highest BCUT2D eigenvalue weighted by Gasteiger charge is 2.06. The second-order valence-corrected chi connectivity index (χ2v) is 7.33. The molecule has 5 nitrogen and oxygen atoms in total. The molecule has 2 aromatic carbocycles. The maximum absolute atomic E-state index is 12.1. The molecule has 118 valence electrons. The number of para-hydroxylation sites is 1. The van der Waals surface area contributed by atoms with E-state index in [2.05, 4.69) is 10.5 Å². The standard InChI is InChI=1S/C16H15N3O2S2/c1-19-13-5-3-4-6-14(13)22-16(19)18-17-15(20)11-7-9-12(10-8-11)23(2)21/h3-10H,1-2H3,(H,17,20)/b18-16+. The Balaban J connectivity index is 1.84. The largest absolute Gasteiger partial charge is 0.318 e. The summed E-state index contributed by atoms with van der Waals surface area (Å²) < 4.78 is 14.4. The van der Waals surface area contributed by atoms with Crippen molar-refractivity contribution in [2.45, 2.75) is 4.90 Å². The lowest BCUT2D eigenvalue weighted by molar-refractivity contribution is 0.0953. The minimum Gasteiger partial charge on any atom is -0.318 e. The number of thiazole rings is 1. The van der Waals surface area contributed by atoms with Crippen LogP contribution in [0.15, 0.2) is 58.5 Å². The molecule has 23 heavy (non-hydrogen) atoms. The molecule has 0 fully saturated rings. The van der Waals surface area contributed by atoms with E-state index in [4.69, 9.17) is 0 Å². The van der Waals surface area contributed by atoms with Crippen molar-refractivity contribution in [3.63, 3.8) is 0 Å². The third kappa shape index (κ3) is 3.25. The fraction of sp³-hybridized carbons (Fsp3) is 0.125. The molecule has 1 heterocycles. The molecule has 0 radical (unpaired) electrons. The molecule has 0 bridgehead atoms. The normalized spacial score (nSPS) is 13.2. The Morgan fingerprint density at radius 1 is 1.17 bits per heavy atom. The van der Waals surface area contributed by atoms with Crippen LogP contribution in [0.5, 0.6) is 0 Å². The van der Waals surface area contributed by atoms with Crippen LogP contribution in [-0.4, -0.2) is 20.9 Å². The molecular formula is C16H15N3O2S2. The summed E-state index contributed by atoms with van der Waals surface area (Å²) in [4.78, 5) is 13.5. The molecule has 0 aliphatic heterocycles. The van der Waals surface area contributed by atoms with Gasteiger partial charge in [-0.2, -0.15) is 0 Å². The first kappa shape index (κ1) is 15.6. The van der Waals surface area contributed by atoms with Gasteiger partial charge in [-0.25, -0.2) is 5.43 Å². The lowest BCUT2D eigenvalue weighted by Crippen LogP contribution is -2.23. The number of hydrogen-bond donors (Lipinski definition) is 1. The van der Waals surface area contributed by atoms with Crippen LogP contribution >= 0.6 is 11.3 Å². The van der Waals surface area contributed by atoms with Crippen molar-refractivity contribution in [2.75, 3.05) is 6.26 Å². The molecule has 3 aromatic rings. The Labute approximate surface area is 139 Å². The molecule has 7 heteroatoms. The van der Waals surface area contributed by atoms with Crippen LogP contribution < -0.4 is 10.2 Å². The smallest absolute Gasteiger partial charge is 0.271 e. The Kier molecular flexibility index (Phi) is 4.40. The van der Waals surface area contributed by atoms with Crippen LogP contribution in [-0.2, 0) is 17.8 Å². The molecule has 0 saturated heterocycles. The molecule has 1 N–H and O–H groups in total. The highest BCUT2D eigenvalue weighted by atomic mass is 32.2. The van der Waals surface area contributed by atoms with Crippen molar-refractivity contribution in [1.29, 1.82) is 0 Å². The third-order valence-corrected chi connectivity index (χ3v) is 5.47. The van der Waals surface area contributed by atoms with E-state index in [1.54, 1.807) is 30.5 Å². The molecule has 0 spiro atoms. The lowest BCUT2D eigenvalue weighted by atomic mass is 10.2. The number of aryl methyl sites for hydroxylation is 1. The van der Waals surface area contributed by atoms with Gasteiger partial charge in [-0.1, -0.05) is 23.5 Å². The van der Waals surface area contributed by atoms with Crippen LogP contribution in [0.25, 0.3) is 10.2 Å². The number of nitrogens with one attached hydrogen (secondary N) is 1. The van der Waals surface area contributed by atoms with E-state index in [-0.39, 0.29) is 5.91 Å². The van der Waals surface area contributed by atoms with E-state index in [1.165, 1.54) is 11.3 Å². The van der Waals surface area contributed by atoms with Crippen LogP contribution in [0.3, 0.4) is 0 Å². The van der Waals surface area contributed by atoms with Gasteiger partial charge in [0.1, 0.15) is 0 Å². The summed E-state index contributed by atoms with van der Waals surface area (Å²) in [6.45, 7) is 0. The maximum atomic E-state index is 12.1. The molecule has 1 unspecified atom stereocenters. The summed E-state index contributed by atoms with van der Waals surface area (Å²) in [6, 6.07) is 14.6. The molecule has 0 aliphatic rings. The molecule has 0 aliphatic carbocycles. The Morgan fingerprint density at radius 3 is 2.52 bits per heavy atom. The van der Waals surface area contributed by atoms with Gasteiger partial charge >= 0.3 is 0 Å². The maximum Gasteiger partial charge on any atom is 0.271 e. The van der Waals surface area contributed by atoms with E-state index < -0.39 is 10.8 Å². The van der Waals surface area contributed by atoms with Crippen molar-refractivity contribution >= 4 is 38.3 Å². The predicted molar refractivity (Wildman–Crippen MR) is 92.6 cm³/mol. The number of hydrogen-bond acceptors (Lipinski definition) is 4. The molecule has 1 atom stereocenters. The summed E-state index contributed by atoms with van der Waals surface area (Å²) >= 11 is 1.51. The van der Waals surface area contributed by atoms with Crippen LogP contribution in [0, 0.1) is 0 Å². The van der Waals surface area contributed by atoms with E-state index in [9.17, 15) is 9.00 Å². The van der Waals surface area contributed by atoms with Gasteiger partial charge in [0.05, 0.1) is 10.2 Å². The fourth-order valence-electron chi connectivity index (χ4n) is 2.15. The van der Waals surface area contributed by atoms with E-state index in [1.807, 2.05) is 35.9 Å². The van der Waals surface area contributed by atoms with Gasteiger partial charge in [-0.3, -0.25) is 9.00 Å². The Bertz CT molecular complexity index is 955. The second-order valence-electron chi connectivity index (χ2n) is 4.94. The van der Waals surface area contributed by atoms with Crippen molar-refractivity contribution in [3.8, 4) is 0 Å². The summed E-state index contributed by atoms with van der Waals surface area (Å²) in [7, 11) is 0.859. The van der Waals surface area contributed by atoms with Crippen LogP contribution in [0.4, 0.5) is 0 Å². The number of rotatable bonds is 3. The van der Waals surface area contributed by atoms with Gasteiger partial charge in [0.2, 0.25) is 4.80 Å². The first-order valence-electron chi connectivity index (χ1n) is 6.88. The van der Waals surface area contributed by atoms with Crippen molar-refractivity contribution in [1.82, 2.24) is 9.99 Å². The summed E-state index contributed by atoms with van der Waals surface area (Å²) in [5.41, 5.74) is 4.11. The third-order valence-electron chi connectivity index (χ3n) is 3.42. The van der Waals surface area contributed by atoms with Crippen molar-refractivity contribution in [3.05, 3.63) is 58.9 Å². The molecule has 1 amide bonds. The minimum absolute atomic E-state index is 0.295. The number of nitrogens with zero attached hydrogens (tertiary/aromatic N) is 2. The number of carbonyl (C=O) groups excluding carboxylic acids is 1. The van der Waals surface area contributed by atoms with Gasteiger partial charge < -0.3 is 4.57 Å². The topological polar surface area (TPSA) is 63.5 Å². The summed E-state index contributed by atoms with van der Waals surface area (Å²) in [5, 5.41) is 4.20. The van der Waals surface area contributed by atoms with E-state index >= 15 is 0 Å². The van der Waals surface area contributed by atoms with E-state index in [0.717, 1.165) is 10.2 Å². The van der Waals surface area contributed by atoms with E-state index in [0.29, 0.717) is 15.3 Å². The monoisotopic (exact) mass is 345 g/mol. The number of carbonyl (C=O) groups is 1. The molecule has 1 aromatic heterocycles. The summed E-state index contributed by atoms with van der Waals surface area (Å²) in [5.74, 6) is -0.295. The average molecular weight is 345 g/mol. The Morgan fingerprint density at radius 2 is 1.87 bits per heavy atom. The number of fused-ring (bicyclic) bond motifs is 1. The minimum atomic E-state index is -1.05. The first-order valence-corrected chi connectivity index (χ1v) is 9.26. The van der Waals surface area contributed by atoms with Crippen LogP contribution in [0.2, 0.25) is 0 Å². The summed E-state index contributed by atoms with van der Waals surface area (Å²) in [6.07, 6.45) is 1.60. The van der Waals surface area contributed by atoms with Gasteiger partial charge in [-0.05, 0) is 36.4 Å². The predicted octanol–water partition coefficient (Wildman–Crippen LogP) is 2.22. The van der Waals surface area contributed by atoms with Gasteiger partial charge in [0, 0.05) is 34.6 Å². The van der Waals surface area contributed by atoms with Crippen molar-refractivity contribution < 1.29 is 9.00 Å². The second kappa shape index (κ2) is 6.47. The first-order chi connectivity index (χ1) is 11.1. The average Bonchev–Trinajstić information content (AvgIpc) is 2.89. The molecular weight excluding hydrogens is 330 g/mol. The lowest BCUT2D eigenvalue weighted by Gasteiger charge is -2.01. The zero-order valence-electron chi connectivity index (χ0n) is 12.6. The number of amides is 1. The number of aromatic nitrogens is 1. The fourth-order valence-corrected chi connectivity index (χ4v) is 3.65.